The summed E-state index contributed by atoms with van der Waals surface area (Å²) in [6.07, 6.45) is -1.24. The molecular weight excluding hydrogens is 497 g/mol. The summed E-state index contributed by atoms with van der Waals surface area (Å²) in [4.78, 5) is 12.3. The van der Waals surface area contributed by atoms with Crippen molar-refractivity contribution in [3.05, 3.63) is 23.8 Å². The first-order valence-electron chi connectivity index (χ1n) is 11.1. The number of thioether (sulfide) groups is 1. The molecule has 2 saturated heterocycles. The molecule has 7 nitrogen and oxygen atoms in total. The van der Waals surface area contributed by atoms with E-state index in [1.165, 1.54) is 0 Å². The summed E-state index contributed by atoms with van der Waals surface area (Å²) in [5.41, 5.74) is -0.847. The lowest BCUT2D eigenvalue weighted by Crippen LogP contribution is -2.40. The molecule has 12 heteroatoms. The van der Waals surface area contributed by atoms with Crippen LogP contribution in [0.4, 0.5) is 13.2 Å². The van der Waals surface area contributed by atoms with Gasteiger partial charge >= 0.3 is 12.3 Å². The van der Waals surface area contributed by atoms with Crippen LogP contribution in [0.1, 0.15) is 49.9 Å². The molecule has 4 unspecified atom stereocenters. The molecule has 2 aliphatic heterocycles. The maximum atomic E-state index is 13.1. The quantitative estimate of drug-likeness (QED) is 0.366. The van der Waals surface area contributed by atoms with E-state index in [2.05, 4.69) is 4.74 Å². The van der Waals surface area contributed by atoms with Crippen LogP contribution in [0, 0.1) is 17.8 Å². The van der Waals surface area contributed by atoms with Gasteiger partial charge < -0.3 is 18.8 Å². The molecular formula is C22H26F3O7S2-. The van der Waals surface area contributed by atoms with Gasteiger partial charge in [-0.05, 0) is 61.6 Å². The van der Waals surface area contributed by atoms with Crippen LogP contribution in [0.25, 0.3) is 0 Å². The van der Waals surface area contributed by atoms with E-state index in [4.69, 9.17) is 9.47 Å². The highest BCUT2D eigenvalue weighted by Crippen LogP contribution is 2.63. The highest BCUT2D eigenvalue weighted by atomic mass is 32.2. The Morgan fingerprint density at radius 1 is 1.18 bits per heavy atom. The zero-order valence-electron chi connectivity index (χ0n) is 18.7. The predicted molar refractivity (Wildman–Crippen MR) is 117 cm³/mol. The fraction of sp³-hybridized carbons (Fsp3) is 0.682. The summed E-state index contributed by atoms with van der Waals surface area (Å²) in [6, 6.07) is 3.17. The molecule has 0 N–H and O–H groups in total. The van der Waals surface area contributed by atoms with E-state index in [1.54, 1.807) is 0 Å². The van der Waals surface area contributed by atoms with Crippen molar-refractivity contribution in [2.24, 2.45) is 17.8 Å². The maximum absolute atomic E-state index is 13.1. The molecule has 34 heavy (non-hydrogen) atoms. The zero-order valence-corrected chi connectivity index (χ0v) is 20.3. The van der Waals surface area contributed by atoms with E-state index < -0.39 is 46.2 Å². The zero-order chi connectivity index (χ0) is 24.9. The summed E-state index contributed by atoms with van der Waals surface area (Å²) < 4.78 is 86.6. The minimum absolute atomic E-state index is 0.000829. The van der Waals surface area contributed by atoms with Crippen molar-refractivity contribution in [2.75, 3.05) is 12.4 Å². The van der Waals surface area contributed by atoms with Crippen LogP contribution in [-0.4, -0.2) is 53.8 Å². The monoisotopic (exact) mass is 523 g/mol. The van der Waals surface area contributed by atoms with Gasteiger partial charge in [-0.2, -0.15) is 11.8 Å². The van der Waals surface area contributed by atoms with Crippen molar-refractivity contribution < 1.29 is 45.1 Å². The lowest BCUT2D eigenvalue weighted by Gasteiger charge is -2.36. The lowest BCUT2D eigenvalue weighted by atomic mass is 9.82. The molecule has 1 saturated carbocycles. The van der Waals surface area contributed by atoms with Crippen LogP contribution >= 0.6 is 11.8 Å². The molecule has 0 spiro atoms. The van der Waals surface area contributed by atoms with Crippen molar-refractivity contribution in [3.8, 4) is 11.5 Å². The van der Waals surface area contributed by atoms with Gasteiger partial charge in [-0.3, -0.25) is 0 Å². The van der Waals surface area contributed by atoms with Gasteiger partial charge in [0, 0.05) is 10.5 Å². The number of fused-ring (bicyclic) bond motifs is 5. The molecule has 0 radical (unpaired) electrons. The van der Waals surface area contributed by atoms with E-state index >= 15 is 0 Å². The van der Waals surface area contributed by atoms with Crippen LogP contribution in [0.5, 0.6) is 11.5 Å². The van der Waals surface area contributed by atoms with Crippen molar-refractivity contribution in [1.29, 1.82) is 0 Å². The van der Waals surface area contributed by atoms with Crippen LogP contribution in [-0.2, 0) is 14.9 Å². The van der Waals surface area contributed by atoms with Crippen molar-refractivity contribution in [1.82, 2.24) is 0 Å². The average Bonchev–Trinajstić information content (AvgIpc) is 3.39. The number of rotatable bonds is 8. The Morgan fingerprint density at radius 2 is 1.79 bits per heavy atom. The Balaban J connectivity index is 1.60. The number of hydrogen-bond donors (Lipinski definition) is 0. The second-order valence-electron chi connectivity index (χ2n) is 9.45. The molecule has 3 fully saturated rings. The number of hydrogen-bond acceptors (Lipinski definition) is 8. The van der Waals surface area contributed by atoms with Crippen molar-refractivity contribution >= 4 is 27.8 Å². The second-order valence-corrected chi connectivity index (χ2v) is 12.5. The summed E-state index contributed by atoms with van der Waals surface area (Å²) in [5, 5.41) is 1.09. The largest absolute Gasteiger partial charge is 0.748 e. The topological polar surface area (TPSA) is 102 Å². The normalized spacial score (nSPS) is 30.4. The first-order chi connectivity index (χ1) is 15.8. The lowest BCUT2D eigenvalue weighted by molar-refractivity contribution is -0.275. The van der Waals surface area contributed by atoms with Gasteiger partial charge in [0.1, 0.15) is 12.2 Å². The maximum Gasteiger partial charge on any atom is 0.573 e. The highest BCUT2D eigenvalue weighted by molar-refractivity contribution is 8.01. The van der Waals surface area contributed by atoms with E-state index in [0.29, 0.717) is 35.2 Å². The third kappa shape index (κ3) is 5.43. The Labute approximate surface area is 200 Å². The van der Waals surface area contributed by atoms with E-state index in [0.717, 1.165) is 31.0 Å². The number of ether oxygens (including phenoxy) is 3. The van der Waals surface area contributed by atoms with E-state index in [-0.39, 0.29) is 17.2 Å². The van der Waals surface area contributed by atoms with Gasteiger partial charge in [-0.1, -0.05) is 13.8 Å². The smallest absolute Gasteiger partial charge is 0.573 e. The van der Waals surface area contributed by atoms with E-state index in [1.807, 2.05) is 25.6 Å². The third-order valence-corrected chi connectivity index (χ3v) is 9.63. The Morgan fingerprint density at radius 3 is 2.32 bits per heavy atom. The average molecular weight is 524 g/mol. The van der Waals surface area contributed by atoms with Crippen LogP contribution in [0.3, 0.4) is 0 Å². The second kappa shape index (κ2) is 9.09. The Bertz CT molecular complexity index is 1020. The van der Waals surface area contributed by atoms with Crippen LogP contribution < -0.4 is 9.47 Å². The summed E-state index contributed by atoms with van der Waals surface area (Å²) in [7, 11) is -4.58. The summed E-state index contributed by atoms with van der Waals surface area (Å²) in [5.74, 6) is -1.79. The summed E-state index contributed by atoms with van der Waals surface area (Å²) >= 11 is 2.01. The molecule has 2 bridgehead atoms. The molecule has 1 aromatic rings. The minimum atomic E-state index is -4.96. The Hall–Kier alpha value is -1.66. The molecule has 0 aromatic heterocycles. The van der Waals surface area contributed by atoms with Gasteiger partial charge in [-0.25, -0.2) is 13.2 Å². The van der Waals surface area contributed by atoms with Gasteiger partial charge in [0.05, 0.1) is 21.4 Å². The van der Waals surface area contributed by atoms with Crippen molar-refractivity contribution in [3.63, 3.8) is 0 Å². The number of esters is 1. The standard InChI is InChI=1S/C22H27F3O7S2/c1-12(2)21(10-14-15(11-21)19-6-5-18(14)33-19)31-17-9-13(3-4-16(17)32-22(23,24)25)20(26)30-7-8-34(27,28)29/h3-4,9,12,14-15,18-19H,5-8,10-11H2,1-2H3,(H,27,28,29)/p-1. The fourth-order valence-corrected chi connectivity index (χ4v) is 7.73. The number of carbonyl (C=O) groups is 1. The molecule has 3 aliphatic rings. The van der Waals surface area contributed by atoms with Gasteiger partial charge in [-0.15, -0.1) is 13.2 Å². The molecule has 4 atom stereocenters. The Kier molecular flexibility index (Phi) is 6.80. The fourth-order valence-electron chi connectivity index (χ4n) is 5.45. The van der Waals surface area contributed by atoms with Gasteiger partial charge in [0.15, 0.2) is 11.5 Å². The van der Waals surface area contributed by atoms with Crippen LogP contribution in [0.2, 0.25) is 0 Å². The number of carbonyl (C=O) groups excluding carboxylic acids is 1. The first-order valence-corrected chi connectivity index (χ1v) is 13.6. The summed E-state index contributed by atoms with van der Waals surface area (Å²) in [6.45, 7) is 3.28. The van der Waals surface area contributed by atoms with E-state index in [9.17, 15) is 30.9 Å². The molecule has 190 valence electrons. The van der Waals surface area contributed by atoms with Crippen molar-refractivity contribution in [2.45, 2.75) is 62.0 Å². The number of halogens is 3. The van der Waals surface area contributed by atoms with Gasteiger partial charge in [0.25, 0.3) is 0 Å². The molecule has 1 aromatic carbocycles. The molecule has 1 aliphatic carbocycles. The van der Waals surface area contributed by atoms with Gasteiger partial charge in [0.2, 0.25) is 0 Å². The minimum Gasteiger partial charge on any atom is -0.748 e. The molecule has 4 rings (SSSR count). The first kappa shape index (κ1) is 25.4. The highest BCUT2D eigenvalue weighted by Gasteiger charge is 2.59. The molecule has 0 amide bonds. The SMILES string of the molecule is CC(C)C1(Oc2cc(C(=O)OCCS(=O)(=O)[O-])ccc2OC(F)(F)F)CC2C3CCC(S3)C2C1. The predicted octanol–water partition coefficient (Wildman–Crippen LogP) is 4.36. The van der Waals surface area contributed by atoms with Crippen LogP contribution in [0.15, 0.2) is 18.2 Å². The third-order valence-electron chi connectivity index (χ3n) is 7.09. The number of alkyl halides is 3. The molecule has 2 heterocycles. The number of benzene rings is 1.